The third-order valence-electron chi connectivity index (χ3n) is 5.38. The highest BCUT2D eigenvalue weighted by Crippen LogP contribution is 2.31. The van der Waals surface area contributed by atoms with Crippen LogP contribution in [0.25, 0.3) is 22.2 Å². The Morgan fingerprint density at radius 2 is 1.81 bits per heavy atom. The predicted molar refractivity (Wildman–Crippen MR) is 129 cm³/mol. The Kier molecular flexibility index (Phi) is 6.75. The lowest BCUT2D eigenvalue weighted by molar-refractivity contribution is -0.119. The first-order valence-corrected chi connectivity index (χ1v) is 11.6. The smallest absolute Gasteiger partial charge is 0.230 e. The van der Waals surface area contributed by atoms with Crippen molar-refractivity contribution >= 4 is 28.4 Å². The van der Waals surface area contributed by atoms with Gasteiger partial charge in [0, 0.05) is 6.54 Å². The molecule has 0 aliphatic carbocycles. The van der Waals surface area contributed by atoms with Gasteiger partial charge in [-0.2, -0.15) is 0 Å². The first kappa shape index (κ1) is 21.9. The van der Waals surface area contributed by atoms with Crippen LogP contribution in [0.3, 0.4) is 0 Å². The third kappa shape index (κ3) is 4.48. The Balaban J connectivity index is 1.46. The molecular weight excluding hydrogens is 420 g/mol. The number of nitrogens with one attached hydrogen (secondary N) is 1. The van der Waals surface area contributed by atoms with Gasteiger partial charge in [-0.05, 0) is 42.3 Å². The predicted octanol–water partition coefficient (Wildman–Crippen LogP) is 5.10. The number of carbonyl (C=O) groups excluding carboxylic acids is 1. The zero-order valence-corrected chi connectivity index (χ0v) is 19.2. The number of carbonyl (C=O) groups is 1. The lowest BCUT2D eigenvalue weighted by Gasteiger charge is -2.16. The fraction of sp³-hybridized carbons (Fsp3) is 0.240. The average Bonchev–Trinajstić information content (AvgIpc) is 3.25. The molecular formula is C25H26N4O2S. The van der Waals surface area contributed by atoms with E-state index in [9.17, 15) is 4.79 Å². The molecule has 6 nitrogen and oxygen atoms in total. The third-order valence-corrected chi connectivity index (χ3v) is 6.35. The van der Waals surface area contributed by atoms with Crippen molar-refractivity contribution < 1.29 is 9.53 Å². The summed E-state index contributed by atoms with van der Waals surface area (Å²) >= 11 is 1.39. The van der Waals surface area contributed by atoms with Crippen molar-refractivity contribution in [2.45, 2.75) is 31.6 Å². The molecule has 1 unspecified atom stereocenters. The molecule has 1 heterocycles. The standard InChI is InChI=1S/C25H26N4O2S/c1-4-29-24(21-13-7-8-15-22(21)31-3)27-28-25(29)32-16-23(30)26-17(2)19-14-9-11-18-10-5-6-12-20(18)19/h5-15,17H,4,16H2,1-3H3,(H,26,30). The summed E-state index contributed by atoms with van der Waals surface area (Å²) in [6.07, 6.45) is 0. The van der Waals surface area contributed by atoms with Gasteiger partial charge in [0.25, 0.3) is 0 Å². The van der Waals surface area contributed by atoms with Crippen LogP contribution >= 0.6 is 11.8 Å². The zero-order valence-electron chi connectivity index (χ0n) is 18.4. The van der Waals surface area contributed by atoms with Gasteiger partial charge >= 0.3 is 0 Å². The number of benzene rings is 3. The molecule has 0 saturated heterocycles. The van der Waals surface area contributed by atoms with Crippen LogP contribution in [0, 0.1) is 0 Å². The van der Waals surface area contributed by atoms with Gasteiger partial charge in [0.1, 0.15) is 5.75 Å². The molecule has 0 radical (unpaired) electrons. The summed E-state index contributed by atoms with van der Waals surface area (Å²) in [5.74, 6) is 1.70. The number of amides is 1. The van der Waals surface area contributed by atoms with Crippen molar-refractivity contribution in [1.29, 1.82) is 0 Å². The van der Waals surface area contributed by atoms with Crippen LogP contribution in [-0.4, -0.2) is 33.5 Å². The second-order valence-electron chi connectivity index (χ2n) is 7.40. The number of thioether (sulfide) groups is 1. The van der Waals surface area contributed by atoms with E-state index < -0.39 is 0 Å². The number of para-hydroxylation sites is 1. The quantitative estimate of drug-likeness (QED) is 0.382. The van der Waals surface area contributed by atoms with E-state index in [1.165, 1.54) is 17.1 Å². The molecule has 4 rings (SSSR count). The van der Waals surface area contributed by atoms with Gasteiger partial charge < -0.3 is 14.6 Å². The topological polar surface area (TPSA) is 69.0 Å². The minimum absolute atomic E-state index is 0.0417. The van der Waals surface area contributed by atoms with Crippen LogP contribution in [-0.2, 0) is 11.3 Å². The summed E-state index contributed by atoms with van der Waals surface area (Å²) in [5.41, 5.74) is 1.99. The maximum absolute atomic E-state index is 12.7. The molecule has 0 bridgehead atoms. The fourth-order valence-corrected chi connectivity index (χ4v) is 4.64. The highest BCUT2D eigenvalue weighted by Gasteiger charge is 2.18. The summed E-state index contributed by atoms with van der Waals surface area (Å²) in [6.45, 7) is 4.74. The van der Waals surface area contributed by atoms with E-state index in [0.717, 1.165) is 28.1 Å². The highest BCUT2D eigenvalue weighted by molar-refractivity contribution is 7.99. The average molecular weight is 447 g/mol. The molecule has 1 atom stereocenters. The Hall–Kier alpha value is -3.32. The van der Waals surface area contributed by atoms with E-state index in [-0.39, 0.29) is 17.7 Å². The molecule has 0 aliphatic heterocycles. The monoisotopic (exact) mass is 446 g/mol. The molecule has 1 N–H and O–H groups in total. The highest BCUT2D eigenvalue weighted by atomic mass is 32.2. The first-order valence-electron chi connectivity index (χ1n) is 10.6. The number of aromatic nitrogens is 3. The van der Waals surface area contributed by atoms with Gasteiger partial charge in [0.15, 0.2) is 11.0 Å². The summed E-state index contributed by atoms with van der Waals surface area (Å²) in [6, 6.07) is 22.0. The summed E-state index contributed by atoms with van der Waals surface area (Å²) in [7, 11) is 1.64. The first-order chi connectivity index (χ1) is 15.6. The van der Waals surface area contributed by atoms with E-state index in [4.69, 9.17) is 4.74 Å². The number of hydrogen-bond acceptors (Lipinski definition) is 5. The van der Waals surface area contributed by atoms with Crippen molar-refractivity contribution in [2.24, 2.45) is 0 Å². The lowest BCUT2D eigenvalue weighted by atomic mass is 10.00. The van der Waals surface area contributed by atoms with Crippen LogP contribution in [0.1, 0.15) is 25.5 Å². The molecule has 32 heavy (non-hydrogen) atoms. The number of hydrogen-bond donors (Lipinski definition) is 1. The van der Waals surface area contributed by atoms with E-state index in [2.05, 4.69) is 39.8 Å². The van der Waals surface area contributed by atoms with Gasteiger partial charge in [-0.1, -0.05) is 66.4 Å². The SMILES string of the molecule is CCn1c(SCC(=O)NC(C)c2cccc3ccccc23)nnc1-c1ccccc1OC. The van der Waals surface area contributed by atoms with Crippen molar-refractivity contribution in [3.63, 3.8) is 0 Å². The zero-order chi connectivity index (χ0) is 22.5. The van der Waals surface area contributed by atoms with E-state index >= 15 is 0 Å². The number of nitrogens with zero attached hydrogens (tertiary/aromatic N) is 3. The van der Waals surface area contributed by atoms with Crippen molar-refractivity contribution in [3.8, 4) is 17.1 Å². The summed E-state index contributed by atoms with van der Waals surface area (Å²) < 4.78 is 7.47. The molecule has 0 spiro atoms. The maximum atomic E-state index is 12.7. The van der Waals surface area contributed by atoms with Gasteiger partial charge in [-0.3, -0.25) is 4.79 Å². The Morgan fingerprint density at radius 1 is 1.06 bits per heavy atom. The van der Waals surface area contributed by atoms with Crippen LogP contribution < -0.4 is 10.1 Å². The Labute approximate surface area is 192 Å². The fourth-order valence-electron chi connectivity index (χ4n) is 3.83. The van der Waals surface area contributed by atoms with Crippen LogP contribution in [0.5, 0.6) is 5.75 Å². The second-order valence-corrected chi connectivity index (χ2v) is 8.34. The molecule has 1 amide bonds. The number of ether oxygens (including phenoxy) is 1. The Morgan fingerprint density at radius 3 is 2.62 bits per heavy atom. The second kappa shape index (κ2) is 9.87. The maximum Gasteiger partial charge on any atom is 0.230 e. The minimum atomic E-state index is -0.0950. The number of rotatable bonds is 8. The van der Waals surface area contributed by atoms with E-state index in [0.29, 0.717) is 11.7 Å². The number of fused-ring (bicyclic) bond motifs is 1. The van der Waals surface area contributed by atoms with Crippen LogP contribution in [0.4, 0.5) is 0 Å². The minimum Gasteiger partial charge on any atom is -0.496 e. The van der Waals surface area contributed by atoms with Gasteiger partial charge in [0.05, 0.1) is 24.5 Å². The Bertz CT molecular complexity index is 1230. The van der Waals surface area contributed by atoms with Crippen LogP contribution in [0.2, 0.25) is 0 Å². The van der Waals surface area contributed by atoms with E-state index in [1.54, 1.807) is 7.11 Å². The molecule has 3 aromatic carbocycles. The summed E-state index contributed by atoms with van der Waals surface area (Å²) in [4.78, 5) is 12.7. The van der Waals surface area contributed by atoms with Crippen molar-refractivity contribution in [1.82, 2.24) is 20.1 Å². The normalized spacial score (nSPS) is 12.0. The molecule has 1 aromatic heterocycles. The van der Waals surface area contributed by atoms with E-state index in [1.807, 2.05) is 60.9 Å². The molecule has 164 valence electrons. The van der Waals surface area contributed by atoms with Gasteiger partial charge in [-0.25, -0.2) is 0 Å². The van der Waals surface area contributed by atoms with Crippen molar-refractivity contribution in [2.75, 3.05) is 12.9 Å². The van der Waals surface area contributed by atoms with Crippen LogP contribution in [0.15, 0.2) is 71.9 Å². The lowest BCUT2D eigenvalue weighted by Crippen LogP contribution is -2.28. The molecule has 0 aliphatic rings. The molecule has 0 fully saturated rings. The molecule has 0 saturated carbocycles. The largest absolute Gasteiger partial charge is 0.496 e. The van der Waals surface area contributed by atoms with Crippen molar-refractivity contribution in [3.05, 3.63) is 72.3 Å². The molecule has 7 heteroatoms. The molecule has 4 aromatic rings. The summed E-state index contributed by atoms with van der Waals surface area (Å²) in [5, 5.41) is 14.8. The van der Waals surface area contributed by atoms with Gasteiger partial charge in [-0.15, -0.1) is 10.2 Å². The van der Waals surface area contributed by atoms with Gasteiger partial charge in [0.2, 0.25) is 5.91 Å². The number of methoxy groups -OCH3 is 1.